The highest BCUT2D eigenvalue weighted by Crippen LogP contribution is 2.31. The minimum atomic E-state index is -0.235. The molecule has 1 amide bonds. The second-order valence-electron chi connectivity index (χ2n) is 10.3. The van der Waals surface area contributed by atoms with Gasteiger partial charge in [-0.05, 0) is 82.4 Å². The first-order chi connectivity index (χ1) is 19.8. The van der Waals surface area contributed by atoms with Gasteiger partial charge < -0.3 is 15.0 Å². The van der Waals surface area contributed by atoms with Crippen LogP contribution in [0.1, 0.15) is 38.1 Å². The summed E-state index contributed by atoms with van der Waals surface area (Å²) in [5.74, 6) is 0.350. The van der Waals surface area contributed by atoms with Crippen molar-refractivity contribution < 1.29 is 9.53 Å². The summed E-state index contributed by atoms with van der Waals surface area (Å²) in [6.07, 6.45) is 0. The first kappa shape index (κ1) is 27.9. The lowest BCUT2D eigenvalue weighted by Gasteiger charge is -2.32. The second kappa shape index (κ2) is 12.3. The molecule has 5 rings (SSSR count). The van der Waals surface area contributed by atoms with Gasteiger partial charge >= 0.3 is 0 Å². The summed E-state index contributed by atoms with van der Waals surface area (Å²) >= 11 is 5.51. The summed E-state index contributed by atoms with van der Waals surface area (Å²) in [6, 6.07) is 33.0. The Bertz CT molecular complexity index is 1660. The lowest BCUT2D eigenvalue weighted by molar-refractivity contribution is 0.102. The Morgan fingerprint density at radius 3 is 1.80 bits per heavy atom. The number of amides is 1. The van der Waals surface area contributed by atoms with E-state index in [2.05, 4.69) is 33.0 Å². The molecule has 5 aromatic rings. The molecule has 0 atom stereocenters. The number of hydrogen-bond acceptors (Lipinski definition) is 5. The number of nitrogens with zero attached hydrogens (tertiary/aromatic N) is 3. The van der Waals surface area contributed by atoms with Gasteiger partial charge in [-0.3, -0.25) is 4.79 Å². The highest BCUT2D eigenvalue weighted by atomic mass is 32.1. The largest absolute Gasteiger partial charge is 0.432 e. The topological polar surface area (TPSA) is 67.3 Å². The van der Waals surface area contributed by atoms with Gasteiger partial charge in [-0.2, -0.15) is 0 Å². The molecular weight excluding hydrogens is 528 g/mol. The molecule has 0 spiro atoms. The zero-order valence-electron chi connectivity index (χ0n) is 23.5. The van der Waals surface area contributed by atoms with Crippen LogP contribution in [0.15, 0.2) is 103 Å². The molecule has 7 heteroatoms. The van der Waals surface area contributed by atoms with E-state index >= 15 is 0 Å². The molecule has 0 fully saturated rings. The van der Waals surface area contributed by atoms with Gasteiger partial charge in [0.25, 0.3) is 11.1 Å². The summed E-state index contributed by atoms with van der Waals surface area (Å²) in [5.41, 5.74) is 6.14. The van der Waals surface area contributed by atoms with Crippen LogP contribution < -0.4 is 10.1 Å². The quantitative estimate of drug-likeness (QED) is 0.204. The maximum atomic E-state index is 13.1. The normalized spacial score (nSPS) is 11.1. The van der Waals surface area contributed by atoms with Crippen molar-refractivity contribution in [1.82, 2.24) is 14.9 Å². The van der Waals surface area contributed by atoms with Gasteiger partial charge in [-0.25, -0.2) is 9.97 Å². The van der Waals surface area contributed by atoms with Crippen molar-refractivity contribution in [3.05, 3.63) is 109 Å². The van der Waals surface area contributed by atoms with Crippen molar-refractivity contribution in [3.63, 3.8) is 0 Å². The molecule has 41 heavy (non-hydrogen) atoms. The van der Waals surface area contributed by atoms with Gasteiger partial charge in [0.2, 0.25) is 0 Å². The average molecular weight is 561 g/mol. The fourth-order valence-electron chi connectivity index (χ4n) is 4.78. The maximum absolute atomic E-state index is 13.1. The van der Waals surface area contributed by atoms with E-state index in [-0.39, 0.29) is 18.0 Å². The van der Waals surface area contributed by atoms with Crippen LogP contribution in [-0.4, -0.2) is 38.0 Å². The highest BCUT2D eigenvalue weighted by molar-refractivity contribution is 7.80. The van der Waals surface area contributed by atoms with E-state index in [1.54, 1.807) is 24.3 Å². The number of benzene rings is 4. The van der Waals surface area contributed by atoms with Gasteiger partial charge in [-0.1, -0.05) is 60.7 Å². The van der Waals surface area contributed by atoms with Gasteiger partial charge in [0.1, 0.15) is 5.75 Å². The van der Waals surface area contributed by atoms with Crippen LogP contribution in [0.4, 0.5) is 5.69 Å². The molecule has 6 nitrogen and oxygen atoms in total. The number of fused-ring (bicyclic) bond motifs is 1. The van der Waals surface area contributed by atoms with E-state index in [1.807, 2.05) is 83.8 Å². The van der Waals surface area contributed by atoms with E-state index in [9.17, 15) is 4.79 Å². The maximum Gasteiger partial charge on any atom is 0.265 e. The number of nitrogens with one attached hydrogen (secondary N) is 1. The number of thiocarbonyl (C=S) groups is 1. The molecule has 1 N–H and O–H groups in total. The Labute approximate surface area is 246 Å². The first-order valence-corrected chi connectivity index (χ1v) is 14.0. The van der Waals surface area contributed by atoms with E-state index in [4.69, 9.17) is 26.9 Å². The third kappa shape index (κ3) is 6.42. The van der Waals surface area contributed by atoms with E-state index in [0.29, 0.717) is 27.7 Å². The van der Waals surface area contributed by atoms with E-state index < -0.39 is 0 Å². The molecule has 0 bridgehead atoms. The lowest BCUT2D eigenvalue weighted by atomic mass is 10.0. The zero-order chi connectivity index (χ0) is 28.9. The summed E-state index contributed by atoms with van der Waals surface area (Å²) in [6.45, 7) is 8.30. The van der Waals surface area contributed by atoms with Gasteiger partial charge in [0.15, 0.2) is 0 Å². The number of carbonyl (C=O) groups is 1. The summed E-state index contributed by atoms with van der Waals surface area (Å²) < 4.78 is 5.90. The Morgan fingerprint density at radius 1 is 0.732 bits per heavy atom. The van der Waals surface area contributed by atoms with E-state index in [0.717, 1.165) is 28.0 Å². The summed E-state index contributed by atoms with van der Waals surface area (Å²) in [7, 11) is 0. The average Bonchev–Trinajstić information content (AvgIpc) is 2.97. The molecule has 0 aliphatic rings. The Kier molecular flexibility index (Phi) is 8.36. The van der Waals surface area contributed by atoms with Gasteiger partial charge in [-0.15, -0.1) is 0 Å². The molecule has 1 heterocycles. The van der Waals surface area contributed by atoms with Crippen molar-refractivity contribution in [2.45, 2.75) is 39.8 Å². The van der Waals surface area contributed by atoms with Crippen LogP contribution in [0.5, 0.6) is 5.75 Å². The summed E-state index contributed by atoms with van der Waals surface area (Å²) in [4.78, 5) is 25.1. The number of ether oxygens (including phenoxy) is 1. The molecule has 0 saturated heterocycles. The second-order valence-corrected chi connectivity index (χ2v) is 10.6. The van der Waals surface area contributed by atoms with E-state index in [1.165, 1.54) is 0 Å². The molecule has 1 aromatic heterocycles. The minimum Gasteiger partial charge on any atom is -0.432 e. The van der Waals surface area contributed by atoms with Crippen LogP contribution in [0.2, 0.25) is 0 Å². The zero-order valence-corrected chi connectivity index (χ0v) is 24.4. The molecular formula is C34H32N4O2S. The molecule has 0 saturated carbocycles. The monoisotopic (exact) mass is 560 g/mol. The predicted octanol–water partition coefficient (Wildman–Crippen LogP) is 8.00. The number of rotatable bonds is 7. The lowest BCUT2D eigenvalue weighted by Crippen LogP contribution is -2.43. The van der Waals surface area contributed by atoms with Crippen molar-refractivity contribution in [1.29, 1.82) is 0 Å². The first-order valence-electron chi connectivity index (χ1n) is 13.6. The smallest absolute Gasteiger partial charge is 0.265 e. The third-order valence-corrected chi connectivity index (χ3v) is 6.96. The predicted molar refractivity (Wildman–Crippen MR) is 170 cm³/mol. The fourth-order valence-corrected chi connectivity index (χ4v) is 5.29. The van der Waals surface area contributed by atoms with Crippen molar-refractivity contribution in [2.75, 3.05) is 5.32 Å². The Hall–Kier alpha value is -4.62. The fraction of sp³-hybridized carbons (Fsp3) is 0.176. The van der Waals surface area contributed by atoms with Crippen LogP contribution in [0.25, 0.3) is 33.5 Å². The van der Waals surface area contributed by atoms with Crippen molar-refractivity contribution >= 4 is 40.0 Å². The standard InChI is InChI=1S/C34H32N4O2S/c1-22(2)38(23(3)4)34(41)40-28-18-15-26(16-19-28)33(39)35-27-17-20-29-30(21-27)37-32(25-13-9-6-10-14-25)31(36-29)24-11-7-5-8-12-24/h5-23H,1-4H3,(H,35,39). The van der Waals surface area contributed by atoms with Crippen LogP contribution >= 0.6 is 12.2 Å². The number of hydrogen-bond donors (Lipinski definition) is 1. The summed E-state index contributed by atoms with van der Waals surface area (Å²) in [5, 5.41) is 3.39. The van der Waals surface area contributed by atoms with Crippen LogP contribution in [0.3, 0.4) is 0 Å². The van der Waals surface area contributed by atoms with Gasteiger partial charge in [0, 0.05) is 34.5 Å². The third-order valence-electron chi connectivity index (χ3n) is 6.66. The number of anilines is 1. The molecule has 0 unspecified atom stereocenters. The molecule has 4 aromatic carbocycles. The Balaban J connectivity index is 1.37. The number of carbonyl (C=O) groups excluding carboxylic acids is 1. The van der Waals surface area contributed by atoms with Crippen molar-refractivity contribution in [2.24, 2.45) is 0 Å². The van der Waals surface area contributed by atoms with Gasteiger partial charge in [0.05, 0.1) is 22.4 Å². The van der Waals surface area contributed by atoms with Crippen LogP contribution in [0, 0.1) is 0 Å². The van der Waals surface area contributed by atoms with Crippen LogP contribution in [-0.2, 0) is 0 Å². The number of aromatic nitrogens is 2. The molecule has 0 aliphatic carbocycles. The van der Waals surface area contributed by atoms with Crippen molar-refractivity contribution in [3.8, 4) is 28.3 Å². The SMILES string of the molecule is CC(C)N(C(=S)Oc1ccc(C(=O)Nc2ccc3nc(-c4ccccc4)c(-c4ccccc4)nc3c2)cc1)C(C)C. The Morgan fingerprint density at radius 2 is 1.27 bits per heavy atom. The molecule has 206 valence electrons. The minimum absolute atomic E-state index is 0.216. The molecule has 0 radical (unpaired) electrons. The molecule has 0 aliphatic heterocycles. The highest BCUT2D eigenvalue weighted by Gasteiger charge is 2.19.